The SMILES string of the molecule is COCCN(C)C(=O)OC[C@@H](C)/C=C/C=C(\C)[C@H]1OC(=O)C[C@@H](O)CC[C@](C)(O)[C@H](OC(C)=O)/C=C/[C@@H]1C. The number of nitrogens with zero attached hydrogens (tertiary/aromatic N) is 1. The maximum absolute atomic E-state index is 12.5. The van der Waals surface area contributed by atoms with Gasteiger partial charge in [0.2, 0.25) is 0 Å². The molecular formula is C28H45NO9. The third-order valence-electron chi connectivity index (χ3n) is 6.28. The average Bonchev–Trinajstić information content (AvgIpc) is 2.84. The Balaban J connectivity index is 2.99. The van der Waals surface area contributed by atoms with Crippen LogP contribution in [0, 0.1) is 11.8 Å². The summed E-state index contributed by atoms with van der Waals surface area (Å²) in [4.78, 5) is 37.6. The Morgan fingerprint density at radius 3 is 2.63 bits per heavy atom. The van der Waals surface area contributed by atoms with Gasteiger partial charge >= 0.3 is 18.0 Å². The highest BCUT2D eigenvalue weighted by atomic mass is 16.6. The van der Waals surface area contributed by atoms with Crippen LogP contribution in [0.25, 0.3) is 0 Å². The lowest BCUT2D eigenvalue weighted by Crippen LogP contribution is -2.42. The molecule has 0 saturated heterocycles. The standard InChI is InChI=1S/C28H45NO9/c1-19(18-36-27(33)29(6)15-16-35-7)9-8-10-20(2)26-21(3)11-12-24(37-22(4)30)28(5,34)14-13-23(31)17-25(32)38-26/h8-12,19,21,23-24,26,31,34H,13-18H2,1-7H3/b9-8+,12-11+,20-10+/t19-,21-,23-,24+,26+,28-/m0/s1. The number of esters is 2. The largest absolute Gasteiger partial charge is 0.457 e. The number of amides is 1. The van der Waals surface area contributed by atoms with Crippen LogP contribution in [0.15, 0.2) is 36.0 Å². The first-order valence-corrected chi connectivity index (χ1v) is 12.9. The summed E-state index contributed by atoms with van der Waals surface area (Å²) in [5, 5.41) is 21.2. The molecule has 10 nitrogen and oxygen atoms in total. The van der Waals surface area contributed by atoms with E-state index >= 15 is 0 Å². The lowest BCUT2D eigenvalue weighted by molar-refractivity contribution is -0.157. The fourth-order valence-electron chi connectivity index (χ4n) is 3.81. The first-order chi connectivity index (χ1) is 17.8. The van der Waals surface area contributed by atoms with Crippen LogP contribution in [0.3, 0.4) is 0 Å². The molecule has 1 amide bonds. The van der Waals surface area contributed by atoms with Gasteiger partial charge in [-0.3, -0.25) is 9.59 Å². The molecule has 2 N–H and O–H groups in total. The monoisotopic (exact) mass is 539 g/mol. The van der Waals surface area contributed by atoms with E-state index in [2.05, 4.69) is 0 Å². The zero-order valence-corrected chi connectivity index (χ0v) is 23.7. The molecule has 1 heterocycles. The number of aliphatic hydroxyl groups excluding tert-OH is 1. The van der Waals surface area contributed by atoms with Gasteiger partial charge < -0.3 is 34.1 Å². The van der Waals surface area contributed by atoms with Gasteiger partial charge in [0.25, 0.3) is 0 Å². The number of carbonyl (C=O) groups excluding carboxylic acids is 3. The van der Waals surface area contributed by atoms with E-state index < -0.39 is 41.9 Å². The highest BCUT2D eigenvalue weighted by molar-refractivity contribution is 5.70. The lowest BCUT2D eigenvalue weighted by atomic mass is 9.88. The van der Waals surface area contributed by atoms with Gasteiger partial charge in [-0.25, -0.2) is 4.79 Å². The number of aliphatic hydroxyl groups is 2. The minimum atomic E-state index is -1.42. The van der Waals surface area contributed by atoms with Crippen LogP contribution < -0.4 is 0 Å². The number of allylic oxidation sites excluding steroid dienone is 2. The van der Waals surface area contributed by atoms with Crippen molar-refractivity contribution in [2.75, 3.05) is 33.9 Å². The van der Waals surface area contributed by atoms with Gasteiger partial charge in [-0.15, -0.1) is 0 Å². The molecule has 0 fully saturated rings. The van der Waals surface area contributed by atoms with E-state index in [0.717, 1.165) is 5.57 Å². The third kappa shape index (κ3) is 12.2. The van der Waals surface area contributed by atoms with E-state index in [1.165, 1.54) is 18.7 Å². The number of cyclic esters (lactones) is 1. The minimum Gasteiger partial charge on any atom is -0.457 e. The van der Waals surface area contributed by atoms with Crippen molar-refractivity contribution in [3.8, 4) is 0 Å². The smallest absolute Gasteiger partial charge is 0.409 e. The maximum atomic E-state index is 12.5. The van der Waals surface area contributed by atoms with Crippen molar-refractivity contribution >= 4 is 18.0 Å². The predicted octanol–water partition coefficient (Wildman–Crippen LogP) is 3.17. The summed E-state index contributed by atoms with van der Waals surface area (Å²) in [6.07, 6.45) is 5.89. The number of carbonyl (C=O) groups is 3. The van der Waals surface area contributed by atoms with Crippen molar-refractivity contribution in [2.45, 2.75) is 77.8 Å². The van der Waals surface area contributed by atoms with Gasteiger partial charge in [-0.05, 0) is 38.3 Å². The minimum absolute atomic E-state index is 0.0585. The molecule has 10 heteroatoms. The number of hydrogen-bond donors (Lipinski definition) is 2. The van der Waals surface area contributed by atoms with Gasteiger partial charge in [-0.1, -0.05) is 38.2 Å². The van der Waals surface area contributed by atoms with Gasteiger partial charge in [-0.2, -0.15) is 0 Å². The summed E-state index contributed by atoms with van der Waals surface area (Å²) in [5.41, 5.74) is -0.676. The number of ether oxygens (including phenoxy) is 4. The van der Waals surface area contributed by atoms with Crippen LogP contribution in [0.4, 0.5) is 4.79 Å². The van der Waals surface area contributed by atoms with Crippen molar-refractivity contribution in [3.63, 3.8) is 0 Å². The number of hydrogen-bond acceptors (Lipinski definition) is 9. The first-order valence-electron chi connectivity index (χ1n) is 12.9. The molecule has 1 rings (SSSR count). The van der Waals surface area contributed by atoms with E-state index in [1.54, 1.807) is 26.3 Å². The fraction of sp³-hybridized carbons (Fsp3) is 0.679. The van der Waals surface area contributed by atoms with E-state index in [-0.39, 0.29) is 37.7 Å². The summed E-state index contributed by atoms with van der Waals surface area (Å²) in [7, 11) is 3.21. The normalized spacial score (nSPS) is 29.0. The third-order valence-corrected chi connectivity index (χ3v) is 6.28. The molecule has 0 radical (unpaired) electrons. The zero-order chi connectivity index (χ0) is 28.9. The Morgan fingerprint density at radius 1 is 1.32 bits per heavy atom. The molecule has 0 bridgehead atoms. The molecule has 6 atom stereocenters. The van der Waals surface area contributed by atoms with Crippen molar-refractivity contribution in [1.29, 1.82) is 0 Å². The summed E-state index contributed by atoms with van der Waals surface area (Å²) in [5.74, 6) is -1.47. The van der Waals surface area contributed by atoms with E-state index in [1.807, 2.05) is 39.0 Å². The topological polar surface area (TPSA) is 132 Å². The van der Waals surface area contributed by atoms with Gasteiger partial charge in [0.15, 0.2) is 0 Å². The molecule has 0 aromatic heterocycles. The van der Waals surface area contributed by atoms with Crippen LogP contribution in [0.5, 0.6) is 0 Å². The Morgan fingerprint density at radius 2 is 2.00 bits per heavy atom. The molecule has 216 valence electrons. The summed E-state index contributed by atoms with van der Waals surface area (Å²) in [6, 6.07) is 0. The number of methoxy groups -OCH3 is 1. The maximum Gasteiger partial charge on any atom is 0.409 e. The molecule has 0 spiro atoms. The summed E-state index contributed by atoms with van der Waals surface area (Å²) >= 11 is 0. The molecule has 0 aromatic carbocycles. The molecule has 0 aromatic rings. The van der Waals surface area contributed by atoms with Crippen LogP contribution in [-0.4, -0.2) is 91.0 Å². The first kappa shape index (κ1) is 33.3. The Labute approximate surface area is 226 Å². The van der Waals surface area contributed by atoms with Gasteiger partial charge in [0.05, 0.1) is 25.7 Å². The second-order valence-corrected chi connectivity index (χ2v) is 10.2. The van der Waals surface area contributed by atoms with E-state index in [4.69, 9.17) is 18.9 Å². The summed E-state index contributed by atoms with van der Waals surface area (Å²) < 4.78 is 21.3. The van der Waals surface area contributed by atoms with Crippen molar-refractivity contribution in [1.82, 2.24) is 4.90 Å². The molecule has 0 aliphatic carbocycles. The lowest BCUT2D eigenvalue weighted by Gasteiger charge is -2.32. The molecular weight excluding hydrogens is 494 g/mol. The van der Waals surface area contributed by atoms with E-state index in [9.17, 15) is 24.6 Å². The second-order valence-electron chi connectivity index (χ2n) is 10.2. The molecule has 1 aliphatic rings. The Hall–Kier alpha value is -2.69. The fourth-order valence-corrected chi connectivity index (χ4v) is 3.81. The highest BCUT2D eigenvalue weighted by Gasteiger charge is 2.35. The summed E-state index contributed by atoms with van der Waals surface area (Å²) in [6.45, 7) is 9.44. The van der Waals surface area contributed by atoms with Crippen LogP contribution in [0.2, 0.25) is 0 Å². The Kier molecular flexibility index (Phi) is 14.3. The number of likely N-dealkylation sites (N-methyl/N-ethyl adjacent to an activating group) is 1. The van der Waals surface area contributed by atoms with Crippen LogP contribution in [0.1, 0.15) is 53.9 Å². The van der Waals surface area contributed by atoms with Crippen molar-refractivity contribution < 1.29 is 43.5 Å². The van der Waals surface area contributed by atoms with Crippen molar-refractivity contribution in [2.24, 2.45) is 11.8 Å². The molecule has 0 saturated carbocycles. The average molecular weight is 540 g/mol. The predicted molar refractivity (Wildman–Crippen MR) is 142 cm³/mol. The van der Waals surface area contributed by atoms with Crippen LogP contribution >= 0.6 is 0 Å². The Bertz CT molecular complexity index is 864. The van der Waals surface area contributed by atoms with Gasteiger partial charge in [0.1, 0.15) is 17.8 Å². The van der Waals surface area contributed by atoms with Crippen LogP contribution in [-0.2, 0) is 28.5 Å². The van der Waals surface area contributed by atoms with Crippen molar-refractivity contribution in [3.05, 3.63) is 36.0 Å². The van der Waals surface area contributed by atoms with E-state index in [0.29, 0.717) is 13.2 Å². The van der Waals surface area contributed by atoms with Gasteiger partial charge in [0, 0.05) is 39.5 Å². The molecule has 38 heavy (non-hydrogen) atoms. The molecule has 1 aliphatic heterocycles. The zero-order valence-electron chi connectivity index (χ0n) is 23.7. The quantitative estimate of drug-likeness (QED) is 0.196. The second kappa shape index (κ2) is 16.3. The highest BCUT2D eigenvalue weighted by Crippen LogP contribution is 2.27. The number of rotatable bonds is 9. The molecule has 0 unspecified atom stereocenters.